The molecular formula is C10H16N2O2. The minimum absolute atomic E-state index is 0.00156. The molecule has 0 fully saturated rings. The first-order valence-corrected chi connectivity index (χ1v) is 4.59. The smallest absolute Gasteiger partial charge is 0.415 e. The van der Waals surface area contributed by atoms with Gasteiger partial charge >= 0.3 is 6.09 Å². The Balaban J connectivity index is 2.36. The highest BCUT2D eigenvalue weighted by Crippen LogP contribution is 2.13. The van der Waals surface area contributed by atoms with Crippen LogP contribution in [0.1, 0.15) is 20.8 Å². The average Bonchev–Trinajstić information content (AvgIpc) is 2.14. The zero-order valence-corrected chi connectivity index (χ0v) is 8.86. The normalized spacial score (nSPS) is 15.8. The van der Waals surface area contributed by atoms with Crippen LogP contribution in [-0.2, 0) is 4.74 Å². The van der Waals surface area contributed by atoms with E-state index in [1.165, 1.54) is 4.90 Å². The zero-order valence-electron chi connectivity index (χ0n) is 8.86. The molecule has 4 nitrogen and oxygen atoms in total. The number of allylic oxidation sites excluding steroid dienone is 1. The summed E-state index contributed by atoms with van der Waals surface area (Å²) >= 11 is 0. The van der Waals surface area contributed by atoms with Gasteiger partial charge in [0.25, 0.3) is 0 Å². The maximum absolute atomic E-state index is 11.4. The minimum atomic E-state index is -0.340. The van der Waals surface area contributed by atoms with Crippen LogP contribution in [-0.4, -0.2) is 30.5 Å². The molecule has 0 aliphatic carbocycles. The Morgan fingerprint density at radius 3 is 2.79 bits per heavy atom. The molecule has 0 aromatic heterocycles. The van der Waals surface area contributed by atoms with E-state index < -0.39 is 0 Å². The molecule has 1 rings (SSSR count). The number of hydrogen-bond donors (Lipinski definition) is 0. The molecule has 0 spiro atoms. The fourth-order valence-corrected chi connectivity index (χ4v) is 0.865. The van der Waals surface area contributed by atoms with Crippen LogP contribution in [0.25, 0.3) is 0 Å². The average molecular weight is 196 g/mol. The number of aliphatic imine (C=N–C) groups is 1. The van der Waals surface area contributed by atoms with Gasteiger partial charge in [-0.2, -0.15) is 0 Å². The van der Waals surface area contributed by atoms with Crippen LogP contribution < -0.4 is 0 Å². The highest BCUT2D eigenvalue weighted by Gasteiger charge is 2.17. The van der Waals surface area contributed by atoms with Gasteiger partial charge in [0.15, 0.2) is 0 Å². The number of hydrogen-bond acceptors (Lipinski definition) is 3. The molecule has 0 saturated heterocycles. The molecule has 1 aliphatic heterocycles. The van der Waals surface area contributed by atoms with Crippen molar-refractivity contribution in [3.63, 3.8) is 0 Å². The van der Waals surface area contributed by atoms with Gasteiger partial charge in [-0.1, -0.05) is 20.8 Å². The van der Waals surface area contributed by atoms with Gasteiger partial charge in [-0.15, -0.1) is 0 Å². The summed E-state index contributed by atoms with van der Waals surface area (Å²) in [5, 5.41) is 0. The molecule has 4 heteroatoms. The Bertz CT molecular complexity index is 264. The molecule has 14 heavy (non-hydrogen) atoms. The van der Waals surface area contributed by atoms with Crippen LogP contribution in [0.4, 0.5) is 4.79 Å². The summed E-state index contributed by atoms with van der Waals surface area (Å²) in [5.74, 6) is 0. The van der Waals surface area contributed by atoms with Crippen LogP contribution in [0, 0.1) is 5.41 Å². The van der Waals surface area contributed by atoms with Crippen molar-refractivity contribution in [2.75, 3.05) is 13.3 Å². The van der Waals surface area contributed by atoms with Gasteiger partial charge in [-0.3, -0.25) is 9.89 Å². The number of nitrogens with zero attached hydrogens (tertiary/aromatic N) is 2. The summed E-state index contributed by atoms with van der Waals surface area (Å²) in [6.07, 6.45) is 4.70. The van der Waals surface area contributed by atoms with Crippen molar-refractivity contribution in [2.24, 2.45) is 10.4 Å². The van der Waals surface area contributed by atoms with Crippen molar-refractivity contribution in [3.8, 4) is 0 Å². The number of ether oxygens (including phenoxy) is 1. The Morgan fingerprint density at radius 2 is 2.29 bits per heavy atom. The van der Waals surface area contributed by atoms with E-state index in [0.29, 0.717) is 13.3 Å². The molecule has 0 aromatic rings. The van der Waals surface area contributed by atoms with Crippen LogP contribution in [0.5, 0.6) is 0 Å². The second-order valence-corrected chi connectivity index (χ2v) is 4.40. The molecule has 1 aliphatic rings. The highest BCUT2D eigenvalue weighted by atomic mass is 16.6. The Hall–Kier alpha value is -1.32. The second kappa shape index (κ2) is 4.26. The van der Waals surface area contributed by atoms with Gasteiger partial charge in [0, 0.05) is 12.4 Å². The monoisotopic (exact) mass is 196 g/mol. The maximum Gasteiger partial charge on any atom is 0.415 e. The Labute approximate surface area is 84.3 Å². The van der Waals surface area contributed by atoms with Gasteiger partial charge < -0.3 is 4.74 Å². The molecule has 0 bridgehead atoms. The topological polar surface area (TPSA) is 41.9 Å². The van der Waals surface area contributed by atoms with Crippen LogP contribution in [0.3, 0.4) is 0 Å². The summed E-state index contributed by atoms with van der Waals surface area (Å²) in [7, 11) is 0. The molecule has 78 valence electrons. The lowest BCUT2D eigenvalue weighted by atomic mass is 9.99. The van der Waals surface area contributed by atoms with Crippen molar-refractivity contribution < 1.29 is 9.53 Å². The third-order valence-electron chi connectivity index (χ3n) is 1.55. The van der Waals surface area contributed by atoms with Gasteiger partial charge in [0.1, 0.15) is 6.67 Å². The van der Waals surface area contributed by atoms with E-state index in [-0.39, 0.29) is 11.5 Å². The van der Waals surface area contributed by atoms with Crippen LogP contribution in [0.15, 0.2) is 17.3 Å². The van der Waals surface area contributed by atoms with E-state index in [1.54, 1.807) is 18.5 Å². The van der Waals surface area contributed by atoms with Crippen molar-refractivity contribution in [2.45, 2.75) is 20.8 Å². The van der Waals surface area contributed by atoms with Crippen LogP contribution >= 0.6 is 0 Å². The summed E-state index contributed by atoms with van der Waals surface area (Å²) in [6, 6.07) is 0. The van der Waals surface area contributed by atoms with Gasteiger partial charge in [0.05, 0.1) is 6.61 Å². The largest absolute Gasteiger partial charge is 0.449 e. The summed E-state index contributed by atoms with van der Waals surface area (Å²) in [5.41, 5.74) is -0.00156. The number of carbonyl (C=O) groups is 1. The van der Waals surface area contributed by atoms with Gasteiger partial charge in [0.2, 0.25) is 0 Å². The molecule has 0 saturated carbocycles. The van der Waals surface area contributed by atoms with E-state index >= 15 is 0 Å². The number of rotatable bonds is 1. The fraction of sp³-hybridized carbons (Fsp3) is 0.600. The van der Waals surface area contributed by atoms with E-state index in [4.69, 9.17) is 4.74 Å². The predicted molar refractivity (Wildman–Crippen MR) is 55.1 cm³/mol. The molecule has 0 unspecified atom stereocenters. The highest BCUT2D eigenvalue weighted by molar-refractivity contribution is 5.76. The molecule has 0 radical (unpaired) electrons. The second-order valence-electron chi connectivity index (χ2n) is 4.40. The number of carbonyl (C=O) groups excluding carboxylic acids is 1. The van der Waals surface area contributed by atoms with Crippen molar-refractivity contribution in [1.82, 2.24) is 4.90 Å². The summed E-state index contributed by atoms with van der Waals surface area (Å²) in [4.78, 5) is 16.8. The third-order valence-corrected chi connectivity index (χ3v) is 1.55. The van der Waals surface area contributed by atoms with Crippen molar-refractivity contribution >= 4 is 12.3 Å². The zero-order chi connectivity index (χ0) is 10.6. The maximum atomic E-state index is 11.4. The van der Waals surface area contributed by atoms with E-state index in [1.807, 2.05) is 20.8 Å². The summed E-state index contributed by atoms with van der Waals surface area (Å²) < 4.78 is 5.11. The first-order chi connectivity index (χ1) is 6.49. The van der Waals surface area contributed by atoms with E-state index in [2.05, 4.69) is 4.99 Å². The van der Waals surface area contributed by atoms with E-state index in [0.717, 1.165) is 0 Å². The third kappa shape index (κ3) is 3.60. The first-order valence-electron chi connectivity index (χ1n) is 4.59. The fourth-order valence-electron chi connectivity index (χ4n) is 0.865. The molecule has 0 atom stereocenters. The van der Waals surface area contributed by atoms with Crippen molar-refractivity contribution in [1.29, 1.82) is 0 Å². The Morgan fingerprint density at radius 1 is 1.57 bits per heavy atom. The van der Waals surface area contributed by atoms with Crippen LogP contribution in [0.2, 0.25) is 0 Å². The predicted octanol–water partition coefficient (Wildman–Crippen LogP) is 2.03. The molecule has 1 heterocycles. The quantitative estimate of drug-likeness (QED) is 0.644. The lowest BCUT2D eigenvalue weighted by Crippen LogP contribution is -2.30. The summed E-state index contributed by atoms with van der Waals surface area (Å²) in [6.45, 7) is 6.82. The molecule has 0 aromatic carbocycles. The lowest BCUT2D eigenvalue weighted by Gasteiger charge is -2.22. The van der Waals surface area contributed by atoms with E-state index in [9.17, 15) is 4.79 Å². The SMILES string of the molecule is CC(C)(C)COC(=O)N1C=CC=NC1. The molecule has 0 N–H and O–H groups in total. The molecular weight excluding hydrogens is 180 g/mol. The van der Waals surface area contributed by atoms with Crippen molar-refractivity contribution in [3.05, 3.63) is 12.3 Å². The lowest BCUT2D eigenvalue weighted by molar-refractivity contribution is 0.0838. The Kier molecular flexibility index (Phi) is 3.28. The van der Waals surface area contributed by atoms with Gasteiger partial charge in [-0.25, -0.2) is 4.79 Å². The number of amides is 1. The standard InChI is InChI=1S/C10H16N2O2/c1-10(2,3)7-14-9(13)12-6-4-5-11-8-12/h4-6H,7-8H2,1-3H3. The minimum Gasteiger partial charge on any atom is -0.449 e. The first kappa shape index (κ1) is 10.8. The van der Waals surface area contributed by atoms with Gasteiger partial charge in [-0.05, 0) is 11.5 Å². The molecule has 1 amide bonds.